The summed E-state index contributed by atoms with van der Waals surface area (Å²) in [4.78, 5) is 13.6. The van der Waals surface area contributed by atoms with Gasteiger partial charge in [0.2, 0.25) is 10.0 Å². The number of aliphatic carboxylic acids is 1. The molecule has 10 heteroatoms. The van der Waals surface area contributed by atoms with Crippen molar-refractivity contribution in [3.05, 3.63) is 95.1 Å². The van der Waals surface area contributed by atoms with Crippen LogP contribution in [0.1, 0.15) is 36.6 Å². The highest BCUT2D eigenvalue weighted by Crippen LogP contribution is 2.32. The van der Waals surface area contributed by atoms with Crippen LogP contribution >= 0.6 is 0 Å². The van der Waals surface area contributed by atoms with Gasteiger partial charge in [-0.2, -0.15) is 4.31 Å². The lowest BCUT2D eigenvalue weighted by molar-refractivity contribution is -0.152. The van der Waals surface area contributed by atoms with Crippen molar-refractivity contribution in [2.45, 2.75) is 37.3 Å². The van der Waals surface area contributed by atoms with Crippen molar-refractivity contribution in [1.29, 1.82) is 0 Å². The molecule has 0 aliphatic carbocycles. The molecule has 0 radical (unpaired) electrons. The van der Waals surface area contributed by atoms with Gasteiger partial charge in [-0.1, -0.05) is 24.3 Å². The SMILES string of the molecule is Cc1cc(S(=O)(=O)N2CCN(C(c3ccc(F)cc3)c3ccc(F)cc3)CC2)ccc1OC(C)(C)C(=O)O. The molecule has 0 saturated carbocycles. The fourth-order valence-corrected chi connectivity index (χ4v) is 5.98. The van der Waals surface area contributed by atoms with E-state index in [0.29, 0.717) is 24.4 Å². The average Bonchev–Trinajstić information content (AvgIpc) is 2.88. The van der Waals surface area contributed by atoms with Crippen LogP contribution in [0.4, 0.5) is 8.78 Å². The van der Waals surface area contributed by atoms with Gasteiger partial charge in [-0.05, 0) is 79.9 Å². The Hall–Kier alpha value is -3.34. The maximum Gasteiger partial charge on any atom is 0.347 e. The molecule has 1 aliphatic rings. The van der Waals surface area contributed by atoms with E-state index in [2.05, 4.69) is 4.90 Å². The first-order valence-corrected chi connectivity index (χ1v) is 13.6. The van der Waals surface area contributed by atoms with E-state index in [-0.39, 0.29) is 35.7 Å². The third-order valence-electron chi connectivity index (χ3n) is 6.67. The van der Waals surface area contributed by atoms with E-state index in [0.717, 1.165) is 11.1 Å². The lowest BCUT2D eigenvalue weighted by Gasteiger charge is -2.39. The molecule has 3 aromatic carbocycles. The molecule has 0 aromatic heterocycles. The number of ether oxygens (including phenoxy) is 1. The molecule has 1 heterocycles. The fraction of sp³-hybridized carbons (Fsp3) is 0.321. The molecule has 0 unspecified atom stereocenters. The van der Waals surface area contributed by atoms with Crippen LogP contribution in [0.15, 0.2) is 71.6 Å². The number of carboxylic acids is 1. The first kappa shape index (κ1) is 27.7. The largest absolute Gasteiger partial charge is 0.478 e. The summed E-state index contributed by atoms with van der Waals surface area (Å²) >= 11 is 0. The molecule has 1 N–H and O–H groups in total. The molecular formula is C28H30F2N2O5S. The van der Waals surface area contributed by atoms with Crippen LogP contribution in [0.3, 0.4) is 0 Å². The van der Waals surface area contributed by atoms with Gasteiger partial charge in [0, 0.05) is 26.2 Å². The van der Waals surface area contributed by atoms with Gasteiger partial charge in [0.25, 0.3) is 0 Å². The van der Waals surface area contributed by atoms with E-state index >= 15 is 0 Å². The third kappa shape index (κ3) is 5.87. The lowest BCUT2D eigenvalue weighted by Crippen LogP contribution is -2.49. The molecule has 3 aromatic rings. The van der Waals surface area contributed by atoms with Crippen LogP contribution in [-0.4, -0.2) is 60.5 Å². The smallest absolute Gasteiger partial charge is 0.347 e. The van der Waals surface area contributed by atoms with Gasteiger partial charge < -0.3 is 9.84 Å². The number of nitrogens with zero attached hydrogens (tertiary/aromatic N) is 2. The van der Waals surface area contributed by atoms with Crippen molar-refractivity contribution in [2.75, 3.05) is 26.2 Å². The van der Waals surface area contributed by atoms with Gasteiger partial charge in [-0.15, -0.1) is 0 Å². The molecule has 1 fully saturated rings. The van der Waals surface area contributed by atoms with Crippen molar-refractivity contribution in [3.63, 3.8) is 0 Å². The number of piperazine rings is 1. The third-order valence-corrected chi connectivity index (χ3v) is 8.57. The number of aryl methyl sites for hydroxylation is 1. The quantitative estimate of drug-likeness (QED) is 0.446. The number of hydrogen-bond acceptors (Lipinski definition) is 5. The summed E-state index contributed by atoms with van der Waals surface area (Å²) in [6, 6.07) is 16.3. The Bertz CT molecular complexity index is 1360. The highest BCUT2D eigenvalue weighted by Gasteiger charge is 2.34. The van der Waals surface area contributed by atoms with Gasteiger partial charge >= 0.3 is 5.97 Å². The predicted molar refractivity (Wildman–Crippen MR) is 138 cm³/mol. The van der Waals surface area contributed by atoms with Crippen LogP contribution in [0, 0.1) is 18.6 Å². The Labute approximate surface area is 221 Å². The van der Waals surface area contributed by atoms with Gasteiger partial charge in [0.15, 0.2) is 5.60 Å². The van der Waals surface area contributed by atoms with Crippen molar-refractivity contribution < 1.29 is 31.8 Å². The number of hydrogen-bond donors (Lipinski definition) is 1. The lowest BCUT2D eigenvalue weighted by atomic mass is 9.96. The average molecular weight is 545 g/mol. The predicted octanol–water partition coefficient (Wildman–Crippen LogP) is 4.61. The highest BCUT2D eigenvalue weighted by atomic mass is 32.2. The van der Waals surface area contributed by atoms with Gasteiger partial charge in [-0.3, -0.25) is 4.90 Å². The maximum atomic E-state index is 13.6. The summed E-state index contributed by atoms with van der Waals surface area (Å²) in [5.74, 6) is -1.56. The first-order chi connectivity index (χ1) is 17.9. The van der Waals surface area contributed by atoms with Crippen LogP contribution in [0.25, 0.3) is 0 Å². The Morgan fingerprint density at radius 1 is 0.895 bits per heavy atom. The van der Waals surface area contributed by atoms with Crippen LogP contribution in [0.5, 0.6) is 5.75 Å². The van der Waals surface area contributed by atoms with E-state index in [1.165, 1.54) is 60.6 Å². The first-order valence-electron chi connectivity index (χ1n) is 12.2. The van der Waals surface area contributed by atoms with E-state index < -0.39 is 21.6 Å². The molecule has 0 bridgehead atoms. The topological polar surface area (TPSA) is 87.2 Å². The van der Waals surface area contributed by atoms with Crippen LogP contribution in [-0.2, 0) is 14.8 Å². The number of benzene rings is 3. The molecule has 38 heavy (non-hydrogen) atoms. The van der Waals surface area contributed by atoms with E-state index in [1.807, 2.05) is 0 Å². The van der Waals surface area contributed by atoms with Crippen molar-refractivity contribution >= 4 is 16.0 Å². The summed E-state index contributed by atoms with van der Waals surface area (Å²) < 4.78 is 61.0. The van der Waals surface area contributed by atoms with E-state index in [9.17, 15) is 27.1 Å². The van der Waals surface area contributed by atoms with Gasteiger partial charge in [0.05, 0.1) is 10.9 Å². The highest BCUT2D eigenvalue weighted by molar-refractivity contribution is 7.89. The number of rotatable bonds is 8. The molecule has 7 nitrogen and oxygen atoms in total. The Kier molecular flexibility index (Phi) is 7.87. The number of carboxylic acid groups (broad SMARTS) is 1. The fourth-order valence-electron chi connectivity index (χ4n) is 4.47. The number of halogens is 2. The van der Waals surface area contributed by atoms with Gasteiger partial charge in [-0.25, -0.2) is 22.0 Å². The Morgan fingerprint density at radius 3 is 1.84 bits per heavy atom. The minimum atomic E-state index is -3.82. The number of carbonyl (C=O) groups is 1. The summed E-state index contributed by atoms with van der Waals surface area (Å²) in [5, 5.41) is 9.31. The van der Waals surface area contributed by atoms with Crippen LogP contribution in [0.2, 0.25) is 0 Å². The minimum Gasteiger partial charge on any atom is -0.478 e. The maximum absolute atomic E-state index is 13.6. The van der Waals surface area contributed by atoms with Crippen molar-refractivity contribution in [2.24, 2.45) is 0 Å². The summed E-state index contributed by atoms with van der Waals surface area (Å²) in [5.41, 5.74) is 0.689. The zero-order valence-corrected chi connectivity index (χ0v) is 22.2. The molecule has 0 spiro atoms. The minimum absolute atomic E-state index is 0.0950. The number of sulfonamides is 1. The van der Waals surface area contributed by atoms with Crippen LogP contribution < -0.4 is 4.74 Å². The second-order valence-electron chi connectivity index (χ2n) is 9.79. The normalized spacial score (nSPS) is 15.5. The van der Waals surface area contributed by atoms with Crippen molar-refractivity contribution in [1.82, 2.24) is 9.21 Å². The molecule has 0 amide bonds. The van der Waals surface area contributed by atoms with E-state index in [4.69, 9.17) is 4.74 Å². The summed E-state index contributed by atoms with van der Waals surface area (Å²) in [6.45, 7) is 5.78. The molecular weight excluding hydrogens is 514 g/mol. The standard InChI is InChI=1S/C28H30F2N2O5S/c1-19-18-24(12-13-25(19)37-28(2,3)27(33)34)38(35,36)32-16-14-31(15-17-32)26(20-4-8-22(29)9-5-20)21-6-10-23(30)11-7-21/h4-13,18,26H,14-17H2,1-3H3,(H,33,34). The van der Waals surface area contributed by atoms with E-state index in [1.54, 1.807) is 31.2 Å². The molecule has 1 aliphatic heterocycles. The summed E-state index contributed by atoms with van der Waals surface area (Å²) in [6.07, 6.45) is 0. The molecule has 202 valence electrons. The van der Waals surface area contributed by atoms with Gasteiger partial charge in [0.1, 0.15) is 17.4 Å². The second-order valence-corrected chi connectivity index (χ2v) is 11.7. The second kappa shape index (κ2) is 10.8. The summed E-state index contributed by atoms with van der Waals surface area (Å²) in [7, 11) is -3.82. The monoisotopic (exact) mass is 544 g/mol. The Balaban J connectivity index is 1.52. The zero-order valence-electron chi connectivity index (χ0n) is 21.4. The zero-order chi connectivity index (χ0) is 27.7. The Morgan fingerprint density at radius 2 is 1.39 bits per heavy atom. The van der Waals surface area contributed by atoms with Crippen molar-refractivity contribution in [3.8, 4) is 5.75 Å². The molecule has 4 rings (SSSR count). The molecule has 1 saturated heterocycles. The molecule has 0 atom stereocenters.